The second kappa shape index (κ2) is 3.45. The van der Waals surface area contributed by atoms with Gasteiger partial charge in [0.2, 0.25) is 0 Å². The first-order valence-corrected chi connectivity index (χ1v) is 5.20. The van der Waals surface area contributed by atoms with Gasteiger partial charge in [0.25, 0.3) is 0 Å². The predicted octanol–water partition coefficient (Wildman–Crippen LogP) is 3.97. The summed E-state index contributed by atoms with van der Waals surface area (Å²) in [6, 6.07) is 11.3. The fourth-order valence-electron chi connectivity index (χ4n) is 1.93. The Morgan fingerprint density at radius 2 is 1.79 bits per heavy atom. The molecule has 0 aromatic heterocycles. The molecule has 0 nitrogen and oxygen atoms in total. The van der Waals surface area contributed by atoms with Gasteiger partial charge in [-0.15, -0.1) is 0 Å². The normalized spacial score (nSPS) is 10.8. The van der Waals surface area contributed by atoms with Gasteiger partial charge in [-0.25, -0.2) is 0 Å². The summed E-state index contributed by atoms with van der Waals surface area (Å²) >= 11 is 0. The Hall–Kier alpha value is -1.30. The molecule has 2 rings (SSSR count). The minimum Gasteiger partial charge on any atom is -0.0613 e. The fourth-order valence-corrected chi connectivity index (χ4v) is 1.93. The molecule has 0 fully saturated rings. The molecule has 0 aromatic carbocycles. The molecule has 14 heavy (non-hydrogen) atoms. The molecule has 0 spiro atoms. The standard InChI is InChI=1S/C14H16/c1-4-12-6-5-11(3)14-8-10(2)7-13(14)9-12/h5-9H,4H2,1-3H3. The lowest BCUT2D eigenvalue weighted by atomic mass is 10.1. The molecule has 0 saturated heterocycles. The van der Waals surface area contributed by atoms with Crippen LogP contribution in [0, 0.1) is 13.8 Å². The Morgan fingerprint density at radius 3 is 2.50 bits per heavy atom. The van der Waals surface area contributed by atoms with E-state index in [1.54, 1.807) is 0 Å². The van der Waals surface area contributed by atoms with Crippen molar-refractivity contribution in [3.63, 3.8) is 0 Å². The van der Waals surface area contributed by atoms with Gasteiger partial charge < -0.3 is 0 Å². The summed E-state index contributed by atoms with van der Waals surface area (Å²) in [5, 5.41) is 0. The molecule has 0 aliphatic heterocycles. The lowest BCUT2D eigenvalue weighted by Gasteiger charge is -1.95. The fraction of sp³-hybridized carbons (Fsp3) is 0.286. The van der Waals surface area contributed by atoms with E-state index in [-0.39, 0.29) is 0 Å². The molecule has 0 atom stereocenters. The monoisotopic (exact) mass is 184 g/mol. The smallest absolute Gasteiger partial charge is 0.0152 e. The third-order valence-corrected chi connectivity index (χ3v) is 2.79. The molecular formula is C14H16. The minimum atomic E-state index is 1.10. The average molecular weight is 184 g/mol. The van der Waals surface area contributed by atoms with Crippen molar-refractivity contribution in [1.82, 2.24) is 0 Å². The van der Waals surface area contributed by atoms with Crippen molar-refractivity contribution in [3.8, 4) is 11.1 Å². The van der Waals surface area contributed by atoms with Crippen molar-refractivity contribution in [1.29, 1.82) is 0 Å². The number of fused-ring (bicyclic) bond motifs is 1. The van der Waals surface area contributed by atoms with Gasteiger partial charge in [-0.3, -0.25) is 0 Å². The molecule has 0 radical (unpaired) electrons. The van der Waals surface area contributed by atoms with E-state index in [0.29, 0.717) is 0 Å². The second-order valence-electron chi connectivity index (χ2n) is 3.99. The Morgan fingerprint density at radius 1 is 1.00 bits per heavy atom. The zero-order chi connectivity index (χ0) is 10.1. The predicted molar refractivity (Wildman–Crippen MR) is 61.9 cm³/mol. The number of hydrogen-bond donors (Lipinski definition) is 0. The van der Waals surface area contributed by atoms with Gasteiger partial charge >= 0.3 is 0 Å². The van der Waals surface area contributed by atoms with E-state index < -0.39 is 0 Å². The topological polar surface area (TPSA) is 0 Å². The molecule has 0 N–H and O–H groups in total. The van der Waals surface area contributed by atoms with Gasteiger partial charge in [-0.1, -0.05) is 37.3 Å². The highest BCUT2D eigenvalue weighted by Crippen LogP contribution is 2.28. The molecule has 0 aromatic rings. The number of hydrogen-bond acceptors (Lipinski definition) is 0. The lowest BCUT2D eigenvalue weighted by Crippen LogP contribution is -1.73. The van der Waals surface area contributed by atoms with Gasteiger partial charge in [0.15, 0.2) is 0 Å². The third kappa shape index (κ3) is 1.52. The van der Waals surface area contributed by atoms with Gasteiger partial charge in [0.05, 0.1) is 0 Å². The summed E-state index contributed by atoms with van der Waals surface area (Å²) in [5.74, 6) is 0. The van der Waals surface area contributed by atoms with Crippen LogP contribution in [-0.4, -0.2) is 0 Å². The van der Waals surface area contributed by atoms with E-state index in [1.165, 1.54) is 27.8 Å². The van der Waals surface area contributed by atoms with Crippen molar-refractivity contribution in [2.75, 3.05) is 0 Å². The summed E-state index contributed by atoms with van der Waals surface area (Å²) in [5.41, 5.74) is 6.90. The van der Waals surface area contributed by atoms with Crippen molar-refractivity contribution in [2.24, 2.45) is 0 Å². The van der Waals surface area contributed by atoms with E-state index in [0.717, 1.165) is 6.42 Å². The lowest BCUT2D eigenvalue weighted by molar-refractivity contribution is 1.15. The Kier molecular flexibility index (Phi) is 2.28. The maximum Gasteiger partial charge on any atom is -0.0152 e. The van der Waals surface area contributed by atoms with Crippen LogP contribution in [0.15, 0.2) is 30.3 Å². The highest BCUT2D eigenvalue weighted by Gasteiger charge is 2.06. The van der Waals surface area contributed by atoms with Crippen LogP contribution in [0.1, 0.15) is 23.6 Å². The van der Waals surface area contributed by atoms with Crippen LogP contribution in [-0.2, 0) is 6.42 Å². The van der Waals surface area contributed by atoms with Gasteiger partial charge in [0.1, 0.15) is 0 Å². The molecule has 0 heterocycles. The van der Waals surface area contributed by atoms with Crippen LogP contribution in [0.2, 0.25) is 0 Å². The summed E-state index contributed by atoms with van der Waals surface area (Å²) in [7, 11) is 0. The molecule has 2 aliphatic carbocycles. The maximum atomic E-state index is 2.30. The van der Waals surface area contributed by atoms with Crippen molar-refractivity contribution in [2.45, 2.75) is 27.2 Å². The Bertz CT molecular complexity index is 427. The van der Waals surface area contributed by atoms with Crippen molar-refractivity contribution < 1.29 is 0 Å². The van der Waals surface area contributed by atoms with Crippen LogP contribution in [0.4, 0.5) is 0 Å². The van der Waals surface area contributed by atoms with E-state index >= 15 is 0 Å². The molecule has 0 unspecified atom stereocenters. The van der Waals surface area contributed by atoms with E-state index in [4.69, 9.17) is 0 Å². The average Bonchev–Trinajstić information content (AvgIpc) is 2.46. The third-order valence-electron chi connectivity index (χ3n) is 2.79. The SMILES string of the molecule is CCc1ccc(C)c2cc(C)cc-2c1. The zero-order valence-electron chi connectivity index (χ0n) is 9.09. The molecule has 0 saturated carbocycles. The zero-order valence-corrected chi connectivity index (χ0v) is 9.09. The second-order valence-corrected chi connectivity index (χ2v) is 3.99. The highest BCUT2D eigenvalue weighted by molar-refractivity contribution is 5.71. The summed E-state index contributed by atoms with van der Waals surface area (Å²) in [4.78, 5) is 0. The first-order valence-electron chi connectivity index (χ1n) is 5.20. The van der Waals surface area contributed by atoms with Gasteiger partial charge in [-0.05, 0) is 48.1 Å². The van der Waals surface area contributed by atoms with Crippen LogP contribution < -0.4 is 0 Å². The summed E-state index contributed by atoms with van der Waals surface area (Å²) < 4.78 is 0. The maximum absolute atomic E-state index is 2.30. The summed E-state index contributed by atoms with van der Waals surface area (Å²) in [6.07, 6.45) is 1.10. The van der Waals surface area contributed by atoms with Crippen LogP contribution in [0.5, 0.6) is 0 Å². The molecule has 0 amide bonds. The van der Waals surface area contributed by atoms with Crippen LogP contribution >= 0.6 is 0 Å². The van der Waals surface area contributed by atoms with Gasteiger partial charge in [0, 0.05) is 0 Å². The number of rotatable bonds is 1. The summed E-state index contributed by atoms with van der Waals surface area (Å²) in [6.45, 7) is 6.54. The van der Waals surface area contributed by atoms with Crippen molar-refractivity contribution in [3.05, 3.63) is 47.0 Å². The van der Waals surface area contributed by atoms with Crippen LogP contribution in [0.3, 0.4) is 0 Å². The Labute approximate surface area is 85.9 Å². The Balaban J connectivity index is 2.71. The van der Waals surface area contributed by atoms with E-state index in [2.05, 4.69) is 51.1 Å². The molecule has 2 aliphatic rings. The first-order chi connectivity index (χ1) is 6.70. The first kappa shape index (κ1) is 9.26. The highest BCUT2D eigenvalue weighted by atomic mass is 14.1. The van der Waals surface area contributed by atoms with Gasteiger partial charge in [-0.2, -0.15) is 0 Å². The van der Waals surface area contributed by atoms with E-state index in [9.17, 15) is 0 Å². The van der Waals surface area contributed by atoms with Crippen LogP contribution in [0.25, 0.3) is 11.1 Å². The molecule has 72 valence electrons. The molecule has 0 heteroatoms. The quantitative estimate of drug-likeness (QED) is 0.629. The van der Waals surface area contributed by atoms with Crippen molar-refractivity contribution >= 4 is 0 Å². The molecule has 0 bridgehead atoms. The minimum absolute atomic E-state index is 1.10. The van der Waals surface area contributed by atoms with E-state index in [1.807, 2.05) is 0 Å². The molecular weight excluding hydrogens is 168 g/mol. The largest absolute Gasteiger partial charge is 0.0613 e. The number of aryl methyl sites for hydroxylation is 3.